The largest absolute Gasteiger partial charge is 0.480 e. The molecule has 23 heavy (non-hydrogen) atoms. The van der Waals surface area contributed by atoms with Crippen LogP contribution < -0.4 is 0 Å². The molecule has 0 bridgehead atoms. The first-order chi connectivity index (χ1) is 10.9. The smallest absolute Gasteiger partial charge is 0.319 e. The number of benzene rings is 1. The molecule has 0 unspecified atom stereocenters. The van der Waals surface area contributed by atoms with Gasteiger partial charge in [-0.3, -0.25) is 4.79 Å². The number of carboxylic acids is 1. The summed E-state index contributed by atoms with van der Waals surface area (Å²) in [5.41, 5.74) is 1.73. The zero-order valence-electron chi connectivity index (χ0n) is 12.4. The van der Waals surface area contributed by atoms with E-state index in [-0.39, 0.29) is 5.82 Å². The molecule has 0 aliphatic heterocycles. The molecule has 2 heterocycles. The summed E-state index contributed by atoms with van der Waals surface area (Å²) in [5, 5.41) is 12.7. The minimum absolute atomic E-state index is 0.300. The van der Waals surface area contributed by atoms with Crippen molar-refractivity contribution >= 4 is 39.3 Å². The Hall–Kier alpha value is -1.99. The van der Waals surface area contributed by atoms with E-state index in [1.54, 1.807) is 26.0 Å². The van der Waals surface area contributed by atoms with E-state index in [0.29, 0.717) is 5.03 Å². The molecule has 4 nitrogen and oxygen atoms in total. The van der Waals surface area contributed by atoms with Crippen molar-refractivity contribution in [3.05, 3.63) is 41.8 Å². The Bertz CT molecular complexity index is 875. The predicted molar refractivity (Wildman–Crippen MR) is 90.4 cm³/mol. The molecular weight excluding hydrogens is 335 g/mol. The van der Waals surface area contributed by atoms with Gasteiger partial charge in [-0.25, -0.2) is 14.4 Å². The molecule has 0 spiro atoms. The van der Waals surface area contributed by atoms with Gasteiger partial charge in [-0.15, -0.1) is 11.3 Å². The van der Waals surface area contributed by atoms with Crippen LogP contribution in [0.25, 0.3) is 21.3 Å². The average Bonchev–Trinajstić information content (AvgIpc) is 2.93. The number of aromatic nitrogens is 2. The summed E-state index contributed by atoms with van der Waals surface area (Å²) < 4.78 is 12.1. The number of hydrogen-bond donors (Lipinski definition) is 1. The molecule has 0 radical (unpaired) electrons. The highest BCUT2D eigenvalue weighted by molar-refractivity contribution is 8.01. The first-order valence-electron chi connectivity index (χ1n) is 6.79. The van der Waals surface area contributed by atoms with Crippen LogP contribution in [0.3, 0.4) is 0 Å². The van der Waals surface area contributed by atoms with E-state index in [0.717, 1.165) is 21.3 Å². The summed E-state index contributed by atoms with van der Waals surface area (Å²) >= 11 is 2.64. The lowest BCUT2D eigenvalue weighted by Gasteiger charge is -2.18. The number of rotatable bonds is 4. The number of carboxylic acid groups (broad SMARTS) is 1. The fourth-order valence-corrected chi connectivity index (χ4v) is 4.01. The Morgan fingerprint density at radius 1 is 1.26 bits per heavy atom. The number of aliphatic carboxylic acids is 1. The van der Waals surface area contributed by atoms with Crippen molar-refractivity contribution in [1.82, 2.24) is 9.97 Å². The van der Waals surface area contributed by atoms with E-state index in [9.17, 15) is 14.3 Å². The summed E-state index contributed by atoms with van der Waals surface area (Å²) in [5.74, 6) is -1.21. The number of nitrogens with zero attached hydrogens (tertiary/aromatic N) is 2. The van der Waals surface area contributed by atoms with Crippen molar-refractivity contribution in [3.8, 4) is 11.1 Å². The van der Waals surface area contributed by atoms with Gasteiger partial charge in [0.25, 0.3) is 0 Å². The average molecular weight is 348 g/mol. The van der Waals surface area contributed by atoms with Crippen molar-refractivity contribution in [1.29, 1.82) is 0 Å². The van der Waals surface area contributed by atoms with Gasteiger partial charge in [-0.05, 0) is 31.5 Å². The second-order valence-corrected chi connectivity index (χ2v) is 7.90. The van der Waals surface area contributed by atoms with Gasteiger partial charge in [-0.1, -0.05) is 23.9 Å². The fraction of sp³-hybridized carbons (Fsp3) is 0.188. The third kappa shape index (κ3) is 3.07. The highest BCUT2D eigenvalue weighted by Crippen LogP contribution is 2.41. The van der Waals surface area contributed by atoms with Gasteiger partial charge in [0.2, 0.25) is 0 Å². The molecule has 2 aromatic heterocycles. The van der Waals surface area contributed by atoms with Crippen LogP contribution in [0.5, 0.6) is 0 Å². The van der Waals surface area contributed by atoms with Gasteiger partial charge in [0.05, 0.1) is 5.39 Å². The third-order valence-electron chi connectivity index (χ3n) is 3.36. The number of carbonyl (C=O) groups is 1. The summed E-state index contributed by atoms with van der Waals surface area (Å²) in [6.45, 7) is 3.27. The minimum atomic E-state index is -1.01. The van der Waals surface area contributed by atoms with Crippen LogP contribution in [0, 0.1) is 5.82 Å². The topological polar surface area (TPSA) is 63.1 Å². The summed E-state index contributed by atoms with van der Waals surface area (Å²) in [7, 11) is 0. The first kappa shape index (κ1) is 15.9. The van der Waals surface area contributed by atoms with Gasteiger partial charge in [-0.2, -0.15) is 0 Å². The van der Waals surface area contributed by atoms with Crippen molar-refractivity contribution in [2.45, 2.75) is 23.6 Å². The van der Waals surface area contributed by atoms with E-state index in [4.69, 9.17) is 0 Å². The van der Waals surface area contributed by atoms with E-state index in [1.165, 1.54) is 41.6 Å². The zero-order chi connectivity index (χ0) is 16.6. The molecule has 0 saturated heterocycles. The maximum atomic E-state index is 13.1. The van der Waals surface area contributed by atoms with Crippen molar-refractivity contribution < 1.29 is 14.3 Å². The van der Waals surface area contributed by atoms with Crippen molar-refractivity contribution in [2.75, 3.05) is 0 Å². The third-order valence-corrected chi connectivity index (χ3v) is 5.43. The molecule has 0 amide bonds. The second kappa shape index (κ2) is 5.90. The van der Waals surface area contributed by atoms with E-state index < -0.39 is 10.7 Å². The molecule has 1 N–H and O–H groups in total. The van der Waals surface area contributed by atoms with E-state index in [2.05, 4.69) is 9.97 Å². The summed E-state index contributed by atoms with van der Waals surface area (Å²) in [6, 6.07) is 6.19. The molecular formula is C16H13FN2O2S2. The van der Waals surface area contributed by atoms with Crippen LogP contribution in [0.15, 0.2) is 41.0 Å². The molecule has 0 aliphatic rings. The van der Waals surface area contributed by atoms with Gasteiger partial charge in [0.15, 0.2) is 0 Å². The van der Waals surface area contributed by atoms with E-state index in [1.807, 2.05) is 5.38 Å². The number of halogens is 1. The quantitative estimate of drug-likeness (QED) is 0.557. The van der Waals surface area contributed by atoms with E-state index >= 15 is 0 Å². The molecule has 3 rings (SSSR count). The van der Waals surface area contributed by atoms with Crippen LogP contribution in [0.1, 0.15) is 13.8 Å². The van der Waals surface area contributed by atoms with Crippen LogP contribution in [-0.4, -0.2) is 25.8 Å². The summed E-state index contributed by atoms with van der Waals surface area (Å²) in [6.07, 6.45) is 1.44. The van der Waals surface area contributed by atoms with Gasteiger partial charge >= 0.3 is 5.97 Å². The Labute approximate surface area is 140 Å². The molecule has 0 atom stereocenters. The molecule has 118 valence electrons. The molecule has 0 fully saturated rings. The lowest BCUT2D eigenvalue weighted by Crippen LogP contribution is -2.27. The Morgan fingerprint density at radius 3 is 2.61 bits per heavy atom. The van der Waals surface area contributed by atoms with Gasteiger partial charge in [0, 0.05) is 10.9 Å². The molecule has 0 aliphatic carbocycles. The standard InChI is InChI=1S/C16H13FN2O2S2/c1-16(2,15(20)21)23-14-12-11(7-22-13(12)18-8-19-14)9-3-5-10(17)6-4-9/h3-8H,1-2H3,(H,20,21). The SMILES string of the molecule is CC(C)(Sc1ncnc2scc(-c3ccc(F)cc3)c12)C(=O)O. The van der Waals surface area contributed by atoms with Gasteiger partial charge in [0.1, 0.15) is 26.7 Å². The van der Waals surface area contributed by atoms with Gasteiger partial charge < -0.3 is 5.11 Å². The monoisotopic (exact) mass is 348 g/mol. The van der Waals surface area contributed by atoms with Crippen LogP contribution in [0.2, 0.25) is 0 Å². The Balaban J connectivity index is 2.15. The maximum absolute atomic E-state index is 13.1. The summed E-state index contributed by atoms with van der Waals surface area (Å²) in [4.78, 5) is 20.7. The minimum Gasteiger partial charge on any atom is -0.480 e. The predicted octanol–water partition coefficient (Wildman–Crippen LogP) is 4.45. The maximum Gasteiger partial charge on any atom is 0.319 e. The number of hydrogen-bond acceptors (Lipinski definition) is 5. The van der Waals surface area contributed by atoms with Crippen LogP contribution in [-0.2, 0) is 4.79 Å². The highest BCUT2D eigenvalue weighted by atomic mass is 32.2. The number of thiophene rings is 1. The zero-order valence-corrected chi connectivity index (χ0v) is 14.0. The Morgan fingerprint density at radius 2 is 1.96 bits per heavy atom. The van der Waals surface area contributed by atoms with Crippen molar-refractivity contribution in [2.24, 2.45) is 0 Å². The normalized spacial score (nSPS) is 11.8. The lowest BCUT2D eigenvalue weighted by atomic mass is 10.1. The van der Waals surface area contributed by atoms with Crippen LogP contribution in [0.4, 0.5) is 4.39 Å². The molecule has 3 aromatic rings. The molecule has 7 heteroatoms. The molecule has 1 aromatic carbocycles. The fourth-order valence-electron chi connectivity index (χ4n) is 2.05. The lowest BCUT2D eigenvalue weighted by molar-refractivity contribution is -0.138. The second-order valence-electron chi connectivity index (χ2n) is 5.43. The van der Waals surface area contributed by atoms with Crippen molar-refractivity contribution in [3.63, 3.8) is 0 Å². The Kier molecular flexibility index (Phi) is 4.08. The number of fused-ring (bicyclic) bond motifs is 1. The van der Waals surface area contributed by atoms with Crippen LogP contribution >= 0.6 is 23.1 Å². The highest BCUT2D eigenvalue weighted by Gasteiger charge is 2.30. The first-order valence-corrected chi connectivity index (χ1v) is 8.48. The number of thioether (sulfide) groups is 1. The molecule has 0 saturated carbocycles.